The maximum atomic E-state index is 2.47. The van der Waals surface area contributed by atoms with E-state index in [1.807, 2.05) is 0 Å². The van der Waals surface area contributed by atoms with Gasteiger partial charge < -0.3 is 0 Å². The van der Waals surface area contributed by atoms with Crippen LogP contribution in [0.4, 0.5) is 0 Å². The molecule has 86 valence electrons. The van der Waals surface area contributed by atoms with Gasteiger partial charge in [-0.25, -0.2) is 0 Å². The maximum absolute atomic E-state index is 2.63. The van der Waals surface area contributed by atoms with Crippen molar-refractivity contribution in [3.63, 3.8) is 0 Å². The Morgan fingerprint density at radius 2 is 1.07 bits per heavy atom. The summed E-state index contributed by atoms with van der Waals surface area (Å²) < 4.78 is 8.03. The molecule has 4 heteroatoms. The van der Waals surface area contributed by atoms with Gasteiger partial charge in [0.2, 0.25) is 0 Å². The Morgan fingerprint density at radius 3 is 1.33 bits per heavy atom. The summed E-state index contributed by atoms with van der Waals surface area (Å²) in [7, 11) is 13.3. The minimum atomic E-state index is -2.63. The summed E-state index contributed by atoms with van der Waals surface area (Å²) in [6.45, 7) is 0. The third kappa shape index (κ3) is 2.19. The first-order chi connectivity index (χ1) is 6.94. The molecular weight excluding hydrogens is 265 g/mol. The number of hydrogen-bond donors (Lipinski definition) is 0. The summed E-state index contributed by atoms with van der Waals surface area (Å²) in [6, 6.07) is 0. The summed E-state index contributed by atoms with van der Waals surface area (Å²) in [4.78, 5) is 0. The van der Waals surface area contributed by atoms with Crippen LogP contribution < -0.4 is 0 Å². The molecule has 0 saturated heterocycles. The Hall–Kier alpha value is 0.243. The van der Waals surface area contributed by atoms with Gasteiger partial charge >= 0.3 is 99.9 Å². The molecule has 0 aromatic carbocycles. The fraction of sp³-hybridized carbons (Fsp3) is 0.636. The van der Waals surface area contributed by atoms with Crippen molar-refractivity contribution < 1.29 is 21.1 Å². The summed E-state index contributed by atoms with van der Waals surface area (Å²) in [5.41, 5.74) is 0. The van der Waals surface area contributed by atoms with Crippen molar-refractivity contribution in [3.05, 3.63) is 24.3 Å². The number of nitrogens with zero attached hydrogens (tertiary/aromatic N) is 3. The summed E-state index contributed by atoms with van der Waals surface area (Å²) in [5.74, 6) is 0. The van der Waals surface area contributed by atoms with Crippen LogP contribution in [0, 0.1) is 0 Å². The van der Waals surface area contributed by atoms with Gasteiger partial charge in [-0.15, -0.1) is 0 Å². The topological polar surface area (TPSA) is 9.72 Å². The van der Waals surface area contributed by atoms with Crippen molar-refractivity contribution in [2.75, 3.05) is 42.3 Å². The standard InChI is InChI=1S/C5H5.3C2H6N.Zr/c1-2-4-5-3-1;3*1-3-2;/h1-5H;3*1-2H3;/q;3*-1;+3. The molecule has 1 aliphatic carbocycles. The van der Waals surface area contributed by atoms with E-state index in [0.29, 0.717) is 3.63 Å². The van der Waals surface area contributed by atoms with Crippen molar-refractivity contribution in [2.45, 2.75) is 3.63 Å². The summed E-state index contributed by atoms with van der Waals surface area (Å²) in [5, 5.41) is 0. The molecule has 1 aliphatic rings. The average molecular weight is 289 g/mol. The van der Waals surface area contributed by atoms with Gasteiger partial charge in [0.25, 0.3) is 0 Å². The molecule has 0 bridgehead atoms. The molecule has 0 atom stereocenters. The molecular formula is C11H23N3Zr. The van der Waals surface area contributed by atoms with Gasteiger partial charge in [-0.2, -0.15) is 0 Å². The quantitative estimate of drug-likeness (QED) is 0.776. The molecule has 0 fully saturated rings. The predicted molar refractivity (Wildman–Crippen MR) is 63.1 cm³/mol. The molecule has 3 nitrogen and oxygen atoms in total. The van der Waals surface area contributed by atoms with Crippen LogP contribution in [0.25, 0.3) is 0 Å². The van der Waals surface area contributed by atoms with Crippen LogP contribution in [0.15, 0.2) is 24.3 Å². The van der Waals surface area contributed by atoms with Crippen LogP contribution >= 0.6 is 0 Å². The molecule has 0 aromatic rings. The Balaban J connectivity index is 3.13. The predicted octanol–water partition coefficient (Wildman–Crippen LogP) is 1.48. The first kappa shape index (κ1) is 13.3. The second kappa shape index (κ2) is 5.05. The Bertz CT molecular complexity index is 235. The minimum absolute atomic E-state index is 0.610. The van der Waals surface area contributed by atoms with E-state index in [1.54, 1.807) is 0 Å². The first-order valence-electron chi connectivity index (χ1n) is 5.31. The zero-order valence-electron chi connectivity index (χ0n) is 10.7. The zero-order valence-corrected chi connectivity index (χ0v) is 13.2. The van der Waals surface area contributed by atoms with Gasteiger partial charge in [0.05, 0.1) is 0 Å². The van der Waals surface area contributed by atoms with Crippen LogP contribution in [0.3, 0.4) is 0 Å². The van der Waals surface area contributed by atoms with Crippen molar-refractivity contribution in [2.24, 2.45) is 0 Å². The monoisotopic (exact) mass is 287 g/mol. The molecule has 15 heavy (non-hydrogen) atoms. The molecule has 0 saturated carbocycles. The molecule has 0 spiro atoms. The molecule has 0 amide bonds. The molecule has 0 aromatic heterocycles. The Kier molecular flexibility index (Phi) is 4.48. The van der Waals surface area contributed by atoms with Crippen LogP contribution in [-0.2, 0) is 21.1 Å². The third-order valence-corrected chi connectivity index (χ3v) is 16.0. The van der Waals surface area contributed by atoms with E-state index >= 15 is 0 Å². The van der Waals surface area contributed by atoms with E-state index < -0.39 is 21.1 Å². The van der Waals surface area contributed by atoms with Gasteiger partial charge in [-0.1, -0.05) is 0 Å². The Morgan fingerprint density at radius 1 is 0.733 bits per heavy atom. The van der Waals surface area contributed by atoms with Crippen molar-refractivity contribution >= 4 is 0 Å². The fourth-order valence-corrected chi connectivity index (χ4v) is 14.9. The van der Waals surface area contributed by atoms with E-state index in [0.717, 1.165) is 0 Å². The number of allylic oxidation sites excluding steroid dienone is 4. The van der Waals surface area contributed by atoms with E-state index in [9.17, 15) is 0 Å². The van der Waals surface area contributed by atoms with E-state index in [-0.39, 0.29) is 0 Å². The number of hydrogen-bond acceptors (Lipinski definition) is 3. The van der Waals surface area contributed by atoms with Gasteiger partial charge in [-0.3, -0.25) is 0 Å². The molecule has 1 rings (SSSR count). The SMILES string of the molecule is C[N](C)[Zr]([CH]1C=CC=C1)([N](C)C)[N](C)C. The fourth-order valence-electron chi connectivity index (χ4n) is 2.78. The van der Waals surface area contributed by atoms with Crippen LogP contribution in [0.5, 0.6) is 0 Å². The zero-order chi connectivity index (χ0) is 11.6. The Labute approximate surface area is 99.6 Å². The summed E-state index contributed by atoms with van der Waals surface area (Å²) in [6.07, 6.45) is 9.03. The first-order valence-corrected chi connectivity index (χ1v) is 10.0. The molecule has 0 N–H and O–H groups in total. The average Bonchev–Trinajstić information content (AvgIpc) is 2.55. The van der Waals surface area contributed by atoms with Gasteiger partial charge in [0, 0.05) is 0 Å². The molecule has 0 heterocycles. The number of rotatable bonds is 4. The van der Waals surface area contributed by atoms with Crippen molar-refractivity contribution in [3.8, 4) is 0 Å². The third-order valence-electron chi connectivity index (χ3n) is 3.17. The molecule has 0 radical (unpaired) electrons. The van der Waals surface area contributed by atoms with Crippen LogP contribution in [-0.4, -0.2) is 50.8 Å². The van der Waals surface area contributed by atoms with Gasteiger partial charge in [0.1, 0.15) is 0 Å². The van der Waals surface area contributed by atoms with Crippen LogP contribution in [0.2, 0.25) is 3.63 Å². The van der Waals surface area contributed by atoms with Gasteiger partial charge in [-0.05, 0) is 0 Å². The second-order valence-electron chi connectivity index (χ2n) is 4.67. The van der Waals surface area contributed by atoms with Crippen LogP contribution in [0.1, 0.15) is 0 Å². The summed E-state index contributed by atoms with van der Waals surface area (Å²) >= 11 is -2.63. The van der Waals surface area contributed by atoms with E-state index in [4.69, 9.17) is 0 Å². The van der Waals surface area contributed by atoms with E-state index in [1.165, 1.54) is 0 Å². The van der Waals surface area contributed by atoms with Crippen molar-refractivity contribution in [1.29, 1.82) is 0 Å². The second-order valence-corrected chi connectivity index (χ2v) is 16.3. The molecule has 0 unspecified atom stereocenters. The normalized spacial score (nSPS) is 17.7. The van der Waals surface area contributed by atoms with Crippen molar-refractivity contribution in [1.82, 2.24) is 8.53 Å². The van der Waals surface area contributed by atoms with E-state index in [2.05, 4.69) is 75.1 Å². The molecule has 0 aliphatic heterocycles. The van der Waals surface area contributed by atoms with Gasteiger partial charge in [0.15, 0.2) is 0 Å².